The van der Waals surface area contributed by atoms with Crippen LogP contribution in [0.2, 0.25) is 0 Å². The Kier molecular flexibility index (Phi) is 5.58. The third kappa shape index (κ3) is 4.44. The van der Waals surface area contributed by atoms with Crippen molar-refractivity contribution in [3.8, 4) is 5.75 Å². The van der Waals surface area contributed by atoms with Crippen LogP contribution in [-0.4, -0.2) is 50.4 Å². The number of ether oxygens (including phenoxy) is 2. The molecule has 1 aliphatic rings. The number of urea groups is 1. The molecule has 1 saturated heterocycles. The number of anilines is 2. The molecule has 1 fully saturated rings. The summed E-state index contributed by atoms with van der Waals surface area (Å²) >= 11 is 0. The monoisotopic (exact) mass is 355 g/mol. The van der Waals surface area contributed by atoms with Gasteiger partial charge >= 0.3 is 12.1 Å². The summed E-state index contributed by atoms with van der Waals surface area (Å²) in [4.78, 5) is 27.0. The first-order valence-electron chi connectivity index (χ1n) is 8.38. The zero-order valence-corrected chi connectivity index (χ0v) is 14.6. The number of benzene rings is 2. The molecule has 0 radical (unpaired) electrons. The van der Waals surface area contributed by atoms with Crippen molar-refractivity contribution in [2.45, 2.75) is 0 Å². The SMILES string of the molecule is CN(CCOc1ccccc1)C(=O)Nc1cccc(N2CCOC2=O)c1. The number of hydrogen-bond acceptors (Lipinski definition) is 4. The second-order valence-corrected chi connectivity index (χ2v) is 5.83. The molecule has 3 rings (SSSR count). The van der Waals surface area contributed by atoms with Gasteiger partial charge in [-0.25, -0.2) is 9.59 Å². The number of carbonyl (C=O) groups excluding carboxylic acids is 2. The average molecular weight is 355 g/mol. The minimum absolute atomic E-state index is 0.247. The number of cyclic esters (lactones) is 1. The number of rotatable bonds is 6. The van der Waals surface area contributed by atoms with E-state index in [0.29, 0.717) is 37.7 Å². The normalized spacial score (nSPS) is 13.3. The van der Waals surface area contributed by atoms with Crippen molar-refractivity contribution >= 4 is 23.5 Å². The Morgan fingerprint density at radius 1 is 1.23 bits per heavy atom. The lowest BCUT2D eigenvalue weighted by atomic mass is 10.2. The Balaban J connectivity index is 1.51. The highest BCUT2D eigenvalue weighted by Crippen LogP contribution is 2.22. The summed E-state index contributed by atoms with van der Waals surface area (Å²) in [7, 11) is 1.70. The van der Waals surface area contributed by atoms with Crippen molar-refractivity contribution in [1.82, 2.24) is 4.90 Å². The van der Waals surface area contributed by atoms with Gasteiger partial charge in [0.1, 0.15) is 19.0 Å². The first-order chi connectivity index (χ1) is 12.6. The van der Waals surface area contributed by atoms with E-state index in [0.717, 1.165) is 5.75 Å². The molecule has 7 heteroatoms. The van der Waals surface area contributed by atoms with E-state index in [4.69, 9.17) is 9.47 Å². The largest absolute Gasteiger partial charge is 0.492 e. The zero-order valence-electron chi connectivity index (χ0n) is 14.6. The minimum atomic E-state index is -0.372. The Morgan fingerprint density at radius 2 is 2.04 bits per heavy atom. The van der Waals surface area contributed by atoms with Crippen LogP contribution in [-0.2, 0) is 4.74 Å². The van der Waals surface area contributed by atoms with E-state index < -0.39 is 0 Å². The minimum Gasteiger partial charge on any atom is -0.492 e. The molecule has 0 aliphatic carbocycles. The molecule has 0 atom stereocenters. The zero-order chi connectivity index (χ0) is 18.4. The van der Waals surface area contributed by atoms with Crippen LogP contribution in [0.15, 0.2) is 54.6 Å². The molecule has 1 aliphatic heterocycles. The average Bonchev–Trinajstić information content (AvgIpc) is 3.08. The van der Waals surface area contributed by atoms with Gasteiger partial charge in [0.05, 0.1) is 13.1 Å². The Labute approximate surface area is 152 Å². The summed E-state index contributed by atoms with van der Waals surface area (Å²) in [5, 5.41) is 2.82. The van der Waals surface area contributed by atoms with E-state index in [9.17, 15) is 9.59 Å². The van der Waals surface area contributed by atoms with E-state index in [1.54, 1.807) is 36.2 Å². The Morgan fingerprint density at radius 3 is 2.77 bits per heavy atom. The van der Waals surface area contributed by atoms with Crippen LogP contribution in [0, 0.1) is 0 Å². The van der Waals surface area contributed by atoms with Gasteiger partial charge < -0.3 is 19.7 Å². The Hall–Kier alpha value is -3.22. The fraction of sp³-hybridized carbons (Fsp3) is 0.263. The number of hydrogen-bond donors (Lipinski definition) is 1. The van der Waals surface area contributed by atoms with E-state index in [1.807, 2.05) is 30.3 Å². The lowest BCUT2D eigenvalue weighted by Gasteiger charge is -2.19. The molecule has 2 aromatic carbocycles. The lowest BCUT2D eigenvalue weighted by Crippen LogP contribution is -2.34. The smallest absolute Gasteiger partial charge is 0.414 e. The van der Waals surface area contributed by atoms with Crippen LogP contribution < -0.4 is 15.0 Å². The quantitative estimate of drug-likeness (QED) is 0.864. The third-order valence-electron chi connectivity index (χ3n) is 3.96. The van der Waals surface area contributed by atoms with Gasteiger partial charge in [0.2, 0.25) is 0 Å². The van der Waals surface area contributed by atoms with Crippen molar-refractivity contribution in [2.24, 2.45) is 0 Å². The van der Waals surface area contributed by atoms with E-state index in [1.165, 1.54) is 4.90 Å². The van der Waals surface area contributed by atoms with E-state index in [-0.39, 0.29) is 12.1 Å². The predicted molar refractivity (Wildman–Crippen MR) is 98.7 cm³/mol. The highest BCUT2D eigenvalue weighted by atomic mass is 16.6. The topological polar surface area (TPSA) is 71.1 Å². The molecule has 1 N–H and O–H groups in total. The molecule has 0 bridgehead atoms. The van der Waals surface area contributed by atoms with Gasteiger partial charge in [-0.05, 0) is 30.3 Å². The van der Waals surface area contributed by atoms with Crippen LogP contribution in [0.25, 0.3) is 0 Å². The van der Waals surface area contributed by atoms with Crippen LogP contribution in [0.5, 0.6) is 5.75 Å². The molecule has 26 heavy (non-hydrogen) atoms. The molecular weight excluding hydrogens is 334 g/mol. The summed E-state index contributed by atoms with van der Waals surface area (Å²) in [6.45, 7) is 1.72. The van der Waals surface area contributed by atoms with Crippen molar-refractivity contribution in [3.05, 3.63) is 54.6 Å². The highest BCUT2D eigenvalue weighted by Gasteiger charge is 2.23. The Bertz CT molecular complexity index is 766. The van der Waals surface area contributed by atoms with Crippen LogP contribution in [0.3, 0.4) is 0 Å². The molecule has 3 amide bonds. The maximum atomic E-state index is 12.3. The lowest BCUT2D eigenvalue weighted by molar-refractivity contribution is 0.181. The molecule has 0 spiro atoms. The molecule has 1 heterocycles. The maximum Gasteiger partial charge on any atom is 0.414 e. The fourth-order valence-corrected chi connectivity index (χ4v) is 2.52. The molecule has 136 valence electrons. The summed E-state index contributed by atoms with van der Waals surface area (Å²) in [5.41, 5.74) is 1.31. The maximum absolute atomic E-state index is 12.3. The molecule has 0 saturated carbocycles. The van der Waals surface area contributed by atoms with Crippen LogP contribution in [0.4, 0.5) is 21.0 Å². The molecule has 2 aromatic rings. The number of carbonyl (C=O) groups is 2. The third-order valence-corrected chi connectivity index (χ3v) is 3.96. The van der Waals surface area contributed by atoms with Gasteiger partial charge in [-0.3, -0.25) is 4.90 Å². The highest BCUT2D eigenvalue weighted by molar-refractivity contribution is 5.93. The van der Waals surface area contributed by atoms with Crippen molar-refractivity contribution in [3.63, 3.8) is 0 Å². The van der Waals surface area contributed by atoms with Crippen molar-refractivity contribution in [1.29, 1.82) is 0 Å². The fourth-order valence-electron chi connectivity index (χ4n) is 2.52. The van der Waals surface area contributed by atoms with Gasteiger partial charge in [0.15, 0.2) is 0 Å². The van der Waals surface area contributed by atoms with Gasteiger partial charge in [0.25, 0.3) is 0 Å². The summed E-state index contributed by atoms with van der Waals surface area (Å²) in [5.74, 6) is 0.770. The molecule has 0 unspecified atom stereocenters. The standard InChI is InChI=1S/C19H21N3O4/c1-21(10-12-25-17-8-3-2-4-9-17)18(23)20-15-6-5-7-16(14-15)22-11-13-26-19(22)24/h2-9,14H,10-13H2,1H3,(H,20,23). The second-order valence-electron chi connectivity index (χ2n) is 5.83. The van der Waals surface area contributed by atoms with Crippen molar-refractivity contribution < 1.29 is 19.1 Å². The van der Waals surface area contributed by atoms with Gasteiger partial charge in [-0.1, -0.05) is 24.3 Å². The summed E-state index contributed by atoms with van der Waals surface area (Å²) in [6, 6.07) is 16.3. The van der Waals surface area contributed by atoms with Crippen molar-refractivity contribution in [2.75, 3.05) is 43.6 Å². The van der Waals surface area contributed by atoms with Crippen LogP contribution >= 0.6 is 0 Å². The molecular formula is C19H21N3O4. The number of nitrogens with one attached hydrogen (secondary N) is 1. The number of amides is 3. The predicted octanol–water partition coefficient (Wildman–Crippen LogP) is 3.19. The van der Waals surface area contributed by atoms with E-state index in [2.05, 4.69) is 5.32 Å². The first-order valence-corrected chi connectivity index (χ1v) is 8.38. The number of para-hydroxylation sites is 1. The van der Waals surface area contributed by atoms with Gasteiger partial charge in [0, 0.05) is 18.4 Å². The first kappa shape index (κ1) is 17.6. The number of likely N-dealkylation sites (N-methyl/N-ethyl adjacent to an activating group) is 1. The summed E-state index contributed by atoms with van der Waals surface area (Å²) < 4.78 is 10.5. The second kappa shape index (κ2) is 8.24. The summed E-state index contributed by atoms with van der Waals surface area (Å²) in [6.07, 6.45) is -0.372. The van der Waals surface area contributed by atoms with Gasteiger partial charge in [-0.2, -0.15) is 0 Å². The molecule has 7 nitrogen and oxygen atoms in total. The number of nitrogens with zero attached hydrogens (tertiary/aromatic N) is 2. The molecule has 0 aromatic heterocycles. The van der Waals surface area contributed by atoms with Crippen LogP contribution in [0.1, 0.15) is 0 Å². The van der Waals surface area contributed by atoms with Gasteiger partial charge in [-0.15, -0.1) is 0 Å². The van der Waals surface area contributed by atoms with E-state index >= 15 is 0 Å².